The van der Waals surface area contributed by atoms with E-state index in [1.54, 1.807) is 18.2 Å². The van der Waals surface area contributed by atoms with Crippen molar-refractivity contribution in [1.82, 2.24) is 10.6 Å². The zero-order valence-electron chi connectivity index (χ0n) is 20.1. The summed E-state index contributed by atoms with van der Waals surface area (Å²) in [6, 6.07) is 4.94. The number of ether oxygens (including phenoxy) is 3. The minimum absolute atomic E-state index is 0.112. The van der Waals surface area contributed by atoms with Gasteiger partial charge in [0.1, 0.15) is 12.4 Å². The van der Waals surface area contributed by atoms with E-state index in [-0.39, 0.29) is 48.8 Å². The quantitative estimate of drug-likeness (QED) is 0.482. The van der Waals surface area contributed by atoms with Crippen LogP contribution in [0.15, 0.2) is 18.2 Å². The maximum atomic E-state index is 13.1. The van der Waals surface area contributed by atoms with E-state index in [4.69, 9.17) is 21.1 Å². The SMILES string of the molecule is O=C(COC1CC(OC(F)(F)F)C1)NC12CCC(NC(=O)[C@H]3C[C@@H](O)c4cc(Cl)ccc4O3)(CC1)CC2. The van der Waals surface area contributed by atoms with Crippen molar-refractivity contribution >= 4 is 23.4 Å². The molecule has 3 N–H and O–H groups in total. The molecule has 0 unspecified atom stereocenters. The predicted molar refractivity (Wildman–Crippen MR) is 125 cm³/mol. The molecule has 0 radical (unpaired) electrons. The summed E-state index contributed by atoms with van der Waals surface area (Å²) in [6.07, 6.45) is -3.12. The highest BCUT2D eigenvalue weighted by Gasteiger charge is 2.51. The Bertz CT molecular complexity index is 1020. The number of benzene rings is 1. The van der Waals surface area contributed by atoms with Gasteiger partial charge in [0.15, 0.2) is 6.10 Å². The number of aliphatic hydroxyl groups is 1. The minimum atomic E-state index is -4.66. The molecule has 1 aromatic carbocycles. The van der Waals surface area contributed by atoms with E-state index in [2.05, 4.69) is 15.4 Å². The lowest BCUT2D eigenvalue weighted by Crippen LogP contribution is -2.65. The summed E-state index contributed by atoms with van der Waals surface area (Å²) >= 11 is 6.00. The highest BCUT2D eigenvalue weighted by molar-refractivity contribution is 6.30. The van der Waals surface area contributed by atoms with Crippen LogP contribution in [0.2, 0.25) is 5.02 Å². The van der Waals surface area contributed by atoms with Gasteiger partial charge >= 0.3 is 6.36 Å². The number of nitrogens with one attached hydrogen (secondary N) is 2. The average molecular weight is 547 g/mol. The molecule has 2 bridgehead atoms. The van der Waals surface area contributed by atoms with Crippen LogP contribution in [0.25, 0.3) is 0 Å². The number of halogens is 4. The van der Waals surface area contributed by atoms with Crippen molar-refractivity contribution in [1.29, 1.82) is 0 Å². The fourth-order valence-electron chi connectivity index (χ4n) is 5.95. The van der Waals surface area contributed by atoms with Gasteiger partial charge in [-0.2, -0.15) is 0 Å². The summed E-state index contributed by atoms with van der Waals surface area (Å²) in [5.41, 5.74) is -0.181. The van der Waals surface area contributed by atoms with Crippen molar-refractivity contribution in [2.75, 3.05) is 6.61 Å². The second kappa shape index (κ2) is 9.91. The summed E-state index contributed by atoms with van der Waals surface area (Å²) in [6.45, 7) is -0.207. The number of aliphatic hydroxyl groups excluding tert-OH is 1. The van der Waals surface area contributed by atoms with Gasteiger partial charge in [-0.15, -0.1) is 13.2 Å². The number of carbonyl (C=O) groups excluding carboxylic acids is 2. The molecule has 4 saturated carbocycles. The standard InChI is InChI=1S/C25H30ClF3N2O6/c26-14-1-2-19-17(9-14)18(32)12-20(36-19)22(34)31-24-6-3-23(4-7-24,5-8-24)30-21(33)13-35-15-10-16(11-15)37-25(27,28)29/h1-2,9,15-16,18,20,32H,3-8,10-13H2,(H,30,33)(H,31,34)/t15?,16?,18-,20-,23?,24?/m1/s1. The van der Waals surface area contributed by atoms with Crippen molar-refractivity contribution < 1.29 is 42.1 Å². The van der Waals surface area contributed by atoms with Gasteiger partial charge in [0, 0.05) is 40.9 Å². The van der Waals surface area contributed by atoms with E-state index in [1.165, 1.54) is 0 Å². The molecule has 0 aromatic heterocycles. The number of fused-ring (bicyclic) bond motifs is 4. The second-order valence-corrected chi connectivity index (χ2v) is 11.2. The highest BCUT2D eigenvalue weighted by Crippen LogP contribution is 2.47. The molecular weight excluding hydrogens is 517 g/mol. The molecule has 2 atom stereocenters. The first-order valence-electron chi connectivity index (χ1n) is 12.6. The summed E-state index contributed by atoms with van der Waals surface area (Å²) in [4.78, 5) is 25.6. The Balaban J connectivity index is 1.07. The molecule has 12 heteroatoms. The van der Waals surface area contributed by atoms with E-state index >= 15 is 0 Å². The molecule has 0 spiro atoms. The van der Waals surface area contributed by atoms with Gasteiger partial charge in [-0.05, 0) is 56.7 Å². The van der Waals surface area contributed by atoms with Gasteiger partial charge in [-0.3, -0.25) is 14.3 Å². The molecule has 1 heterocycles. The number of amides is 2. The summed E-state index contributed by atoms with van der Waals surface area (Å²) in [7, 11) is 0. The van der Waals surface area contributed by atoms with Gasteiger partial charge in [-0.25, -0.2) is 0 Å². The maximum absolute atomic E-state index is 13.1. The Morgan fingerprint density at radius 1 is 1.03 bits per heavy atom. The molecule has 1 aromatic rings. The van der Waals surface area contributed by atoms with Gasteiger partial charge < -0.3 is 25.2 Å². The first-order valence-corrected chi connectivity index (χ1v) is 12.9. The third-order valence-corrected chi connectivity index (χ3v) is 8.41. The topological polar surface area (TPSA) is 106 Å². The molecule has 5 aliphatic rings. The Hall–Kier alpha value is -2.08. The summed E-state index contributed by atoms with van der Waals surface area (Å²) < 4.78 is 51.9. The fourth-order valence-corrected chi connectivity index (χ4v) is 6.13. The monoisotopic (exact) mass is 546 g/mol. The molecule has 204 valence electrons. The highest BCUT2D eigenvalue weighted by atomic mass is 35.5. The van der Waals surface area contributed by atoms with Crippen molar-refractivity contribution in [2.45, 2.75) is 99.6 Å². The van der Waals surface area contributed by atoms with E-state index in [0.717, 1.165) is 0 Å². The Kier molecular flexibility index (Phi) is 7.10. The molecule has 2 amide bonds. The molecule has 8 nitrogen and oxygen atoms in total. The first-order chi connectivity index (χ1) is 17.4. The van der Waals surface area contributed by atoms with Crippen molar-refractivity contribution in [2.24, 2.45) is 0 Å². The van der Waals surface area contributed by atoms with E-state index in [9.17, 15) is 27.9 Å². The lowest BCUT2D eigenvalue weighted by Gasteiger charge is -2.54. The van der Waals surface area contributed by atoms with Gasteiger partial charge in [0.2, 0.25) is 5.91 Å². The molecule has 0 saturated heterocycles. The Morgan fingerprint density at radius 2 is 1.65 bits per heavy atom. The lowest BCUT2D eigenvalue weighted by atomic mass is 9.61. The average Bonchev–Trinajstić information content (AvgIpc) is 2.81. The third kappa shape index (κ3) is 6.00. The zero-order valence-corrected chi connectivity index (χ0v) is 20.9. The smallest absolute Gasteiger partial charge is 0.480 e. The number of rotatable bonds is 7. The van der Waals surface area contributed by atoms with Gasteiger partial charge in [-0.1, -0.05) is 11.6 Å². The first kappa shape index (κ1) is 26.5. The largest absolute Gasteiger partial charge is 0.522 e. The van der Waals surface area contributed by atoms with Gasteiger partial charge in [0.05, 0.1) is 18.3 Å². The molecular formula is C25H30ClF3N2O6. The van der Waals surface area contributed by atoms with Gasteiger partial charge in [0.25, 0.3) is 5.91 Å². The van der Waals surface area contributed by atoms with Crippen molar-refractivity contribution in [3.63, 3.8) is 0 Å². The van der Waals surface area contributed by atoms with Crippen LogP contribution in [-0.2, 0) is 19.1 Å². The predicted octanol–water partition coefficient (Wildman–Crippen LogP) is 3.69. The number of carbonyl (C=O) groups is 2. The van der Waals surface area contributed by atoms with Crippen molar-refractivity contribution in [3.8, 4) is 5.75 Å². The summed E-state index contributed by atoms with van der Waals surface area (Å²) in [5.74, 6) is -0.107. The fraction of sp³-hybridized carbons (Fsp3) is 0.680. The lowest BCUT2D eigenvalue weighted by molar-refractivity contribution is -0.357. The number of alkyl halides is 3. The minimum Gasteiger partial charge on any atom is -0.480 e. The normalized spacial score (nSPS) is 34.6. The van der Waals surface area contributed by atoms with E-state index in [0.29, 0.717) is 54.9 Å². The Labute approximate surface area is 217 Å². The molecule has 4 fully saturated rings. The van der Waals surface area contributed by atoms with Crippen LogP contribution in [0.3, 0.4) is 0 Å². The van der Waals surface area contributed by atoms with Crippen molar-refractivity contribution in [3.05, 3.63) is 28.8 Å². The van der Waals surface area contributed by atoms with Crippen LogP contribution in [0.5, 0.6) is 5.75 Å². The van der Waals surface area contributed by atoms with Crippen LogP contribution >= 0.6 is 11.6 Å². The van der Waals surface area contributed by atoms with E-state index < -0.39 is 30.8 Å². The molecule has 4 aliphatic carbocycles. The number of hydrogen-bond donors (Lipinski definition) is 3. The van der Waals surface area contributed by atoms with Crippen LogP contribution < -0.4 is 15.4 Å². The number of hydrogen-bond acceptors (Lipinski definition) is 6. The molecule has 37 heavy (non-hydrogen) atoms. The third-order valence-electron chi connectivity index (χ3n) is 8.17. The van der Waals surface area contributed by atoms with Crippen LogP contribution in [-0.4, -0.2) is 59.3 Å². The van der Waals surface area contributed by atoms with Crippen LogP contribution in [0.4, 0.5) is 13.2 Å². The maximum Gasteiger partial charge on any atom is 0.522 e. The second-order valence-electron chi connectivity index (χ2n) is 10.7. The van der Waals surface area contributed by atoms with Crippen LogP contribution in [0.1, 0.15) is 69.5 Å². The Morgan fingerprint density at radius 3 is 2.27 bits per heavy atom. The van der Waals surface area contributed by atoms with E-state index in [1.807, 2.05) is 0 Å². The molecule has 6 rings (SSSR count). The molecule has 1 aliphatic heterocycles. The zero-order chi connectivity index (χ0) is 26.4. The summed E-state index contributed by atoms with van der Waals surface area (Å²) in [5, 5.41) is 17.2. The van der Waals surface area contributed by atoms with Crippen LogP contribution in [0, 0.1) is 0 Å².